The highest BCUT2D eigenvalue weighted by Gasteiger charge is 2.39. The SMILES string of the molecule is C=C1/C(OC=O)=c2\cc3ccccc3c\c2=C(/OC(=O)c2ccccc2)C2c3ccccc3C1c1ccccc12.CC.Cc1ccccc1. The first-order valence-corrected chi connectivity index (χ1v) is 16.6. The van der Waals surface area contributed by atoms with Crippen molar-refractivity contribution in [1.29, 1.82) is 0 Å². The van der Waals surface area contributed by atoms with Crippen LogP contribution in [-0.4, -0.2) is 12.4 Å². The Balaban J connectivity index is 0.000000409. The van der Waals surface area contributed by atoms with Crippen molar-refractivity contribution in [3.63, 3.8) is 0 Å². The minimum absolute atomic E-state index is 0.248. The summed E-state index contributed by atoms with van der Waals surface area (Å²) in [6, 6.07) is 47.5. The van der Waals surface area contributed by atoms with E-state index < -0.39 is 5.97 Å². The van der Waals surface area contributed by atoms with Gasteiger partial charge in [0.15, 0.2) is 0 Å². The van der Waals surface area contributed by atoms with Gasteiger partial charge in [-0.15, -0.1) is 0 Å². The molecule has 0 aromatic heterocycles. The molecule has 0 aliphatic heterocycles. The average Bonchev–Trinajstić information content (AvgIpc) is 3.20. The molecule has 0 amide bonds. The van der Waals surface area contributed by atoms with E-state index in [2.05, 4.69) is 49.9 Å². The summed E-state index contributed by atoms with van der Waals surface area (Å²) in [6.07, 6.45) is 0. The summed E-state index contributed by atoms with van der Waals surface area (Å²) in [5, 5.41) is 3.28. The van der Waals surface area contributed by atoms with Crippen molar-refractivity contribution in [2.45, 2.75) is 32.6 Å². The first-order valence-electron chi connectivity index (χ1n) is 16.6. The third-order valence-electron chi connectivity index (χ3n) is 8.85. The van der Waals surface area contributed by atoms with Gasteiger partial charge in [0, 0.05) is 21.9 Å². The van der Waals surface area contributed by atoms with E-state index >= 15 is 0 Å². The topological polar surface area (TPSA) is 52.6 Å². The lowest BCUT2D eigenvalue weighted by molar-refractivity contribution is -0.122. The van der Waals surface area contributed by atoms with Gasteiger partial charge in [-0.3, -0.25) is 4.79 Å². The molecule has 242 valence electrons. The van der Waals surface area contributed by atoms with Gasteiger partial charge in [0.25, 0.3) is 6.47 Å². The first kappa shape index (κ1) is 32.9. The van der Waals surface area contributed by atoms with Crippen molar-refractivity contribution in [1.82, 2.24) is 0 Å². The molecular formula is C45H38O4. The van der Waals surface area contributed by atoms with Crippen molar-refractivity contribution >= 4 is 34.7 Å². The van der Waals surface area contributed by atoms with Crippen LogP contribution >= 0.6 is 0 Å². The van der Waals surface area contributed by atoms with E-state index in [9.17, 15) is 9.59 Å². The Bertz CT molecular complexity index is 2220. The Hall–Kier alpha value is -6.00. The highest BCUT2D eigenvalue weighted by Crippen LogP contribution is 2.50. The monoisotopic (exact) mass is 642 g/mol. The maximum atomic E-state index is 13.7. The van der Waals surface area contributed by atoms with Crippen LogP contribution in [-0.2, 0) is 14.3 Å². The number of aryl methyl sites for hydroxylation is 1. The molecule has 0 atom stereocenters. The van der Waals surface area contributed by atoms with E-state index in [0.717, 1.165) is 33.0 Å². The molecule has 0 N–H and O–H groups in total. The number of esters is 1. The molecule has 2 aliphatic carbocycles. The van der Waals surface area contributed by atoms with Crippen LogP contribution in [0.1, 0.15) is 63.9 Å². The van der Waals surface area contributed by atoms with Gasteiger partial charge in [-0.05, 0) is 64.2 Å². The largest absolute Gasteiger partial charge is 0.428 e. The minimum atomic E-state index is -0.456. The van der Waals surface area contributed by atoms with E-state index in [-0.39, 0.29) is 11.8 Å². The molecule has 0 heterocycles. The van der Waals surface area contributed by atoms with Crippen LogP contribution in [0.3, 0.4) is 0 Å². The smallest absolute Gasteiger partial charge is 0.343 e. The summed E-state index contributed by atoms with van der Waals surface area (Å²) in [5.41, 5.74) is 6.55. The zero-order valence-corrected chi connectivity index (χ0v) is 27.9. The molecular weight excluding hydrogens is 604 g/mol. The fourth-order valence-corrected chi connectivity index (χ4v) is 6.73. The Morgan fingerprint density at radius 1 is 0.612 bits per heavy atom. The highest BCUT2D eigenvalue weighted by atomic mass is 16.5. The van der Waals surface area contributed by atoms with Gasteiger partial charge in [-0.1, -0.05) is 147 Å². The van der Waals surface area contributed by atoms with Gasteiger partial charge in [0.2, 0.25) is 0 Å². The van der Waals surface area contributed by atoms with Crippen molar-refractivity contribution in [3.8, 4) is 0 Å². The van der Waals surface area contributed by atoms with Gasteiger partial charge in [0.05, 0.1) is 11.5 Å². The van der Waals surface area contributed by atoms with Crippen LogP contribution in [0.5, 0.6) is 0 Å². The van der Waals surface area contributed by atoms with Gasteiger partial charge in [0.1, 0.15) is 11.5 Å². The fourth-order valence-electron chi connectivity index (χ4n) is 6.73. The van der Waals surface area contributed by atoms with Crippen LogP contribution in [0.4, 0.5) is 0 Å². The van der Waals surface area contributed by atoms with Gasteiger partial charge in [-0.25, -0.2) is 4.79 Å². The average molecular weight is 643 g/mol. The molecule has 0 saturated heterocycles. The molecule has 6 aromatic carbocycles. The number of ether oxygens (including phenoxy) is 2. The van der Waals surface area contributed by atoms with E-state index in [1.165, 1.54) is 5.56 Å². The van der Waals surface area contributed by atoms with Crippen molar-refractivity contribution in [2.75, 3.05) is 0 Å². The molecule has 0 saturated carbocycles. The molecule has 49 heavy (non-hydrogen) atoms. The fraction of sp³-hybridized carbons (Fsp3) is 0.111. The summed E-state index contributed by atoms with van der Waals surface area (Å²) in [6.45, 7) is 11.0. The van der Waals surface area contributed by atoms with Crippen molar-refractivity contribution in [3.05, 3.63) is 202 Å². The standard InChI is InChI=1S/C36H24O4.C7H8.C2H6/c1-22-32-26-15-7-9-17-28(26)33(29-18-10-8-16-27(29)32)35(40-36(38)23-11-3-2-4-12-23)31-20-25-14-6-5-13-24(25)19-30(31)34(22)39-21-37;1-7-5-3-2-4-6-7;1-2/h2-21,32-33H,1H2;2-6H,1H3;1-2H3/b34-30-,35-31+;;. The number of rotatable bonds is 4. The van der Waals surface area contributed by atoms with Gasteiger partial charge < -0.3 is 9.47 Å². The number of benzene rings is 6. The van der Waals surface area contributed by atoms with E-state index in [1.54, 1.807) is 12.1 Å². The Morgan fingerprint density at radius 3 is 1.55 bits per heavy atom. The lowest BCUT2D eigenvalue weighted by Crippen LogP contribution is -2.33. The predicted molar refractivity (Wildman–Crippen MR) is 197 cm³/mol. The number of fused-ring (bicyclic) bond motifs is 5. The molecule has 0 unspecified atom stereocenters. The lowest BCUT2D eigenvalue weighted by Gasteiger charge is -2.35. The Kier molecular flexibility index (Phi) is 9.96. The quantitative estimate of drug-likeness (QED) is 0.142. The molecule has 6 aromatic rings. The van der Waals surface area contributed by atoms with Gasteiger partial charge in [-0.2, -0.15) is 0 Å². The van der Waals surface area contributed by atoms with Gasteiger partial charge >= 0.3 is 5.97 Å². The second-order valence-corrected chi connectivity index (χ2v) is 11.7. The third kappa shape index (κ3) is 6.46. The number of carbonyl (C=O) groups excluding carboxylic acids is 2. The molecule has 0 radical (unpaired) electrons. The molecule has 2 aliphatic rings. The van der Waals surface area contributed by atoms with Crippen LogP contribution < -0.4 is 10.4 Å². The predicted octanol–water partition coefficient (Wildman–Crippen LogP) is 8.95. The number of carbonyl (C=O) groups is 2. The summed E-state index contributed by atoms with van der Waals surface area (Å²) in [4.78, 5) is 25.6. The van der Waals surface area contributed by atoms with Crippen molar-refractivity contribution < 1.29 is 19.1 Å². The van der Waals surface area contributed by atoms with E-state index in [1.807, 2.05) is 111 Å². The summed E-state index contributed by atoms with van der Waals surface area (Å²) < 4.78 is 12.2. The van der Waals surface area contributed by atoms with Crippen LogP contribution in [0.15, 0.2) is 158 Å². The zero-order chi connectivity index (χ0) is 34.3. The second kappa shape index (κ2) is 14.8. The Morgan fingerprint density at radius 2 is 1.06 bits per heavy atom. The lowest BCUT2D eigenvalue weighted by atomic mass is 9.69. The van der Waals surface area contributed by atoms with Crippen LogP contribution in [0.25, 0.3) is 22.3 Å². The normalized spacial score (nSPS) is 17.6. The highest BCUT2D eigenvalue weighted by molar-refractivity contribution is 5.93. The molecule has 0 fully saturated rings. The number of hydrogen-bond acceptors (Lipinski definition) is 4. The third-order valence-corrected chi connectivity index (χ3v) is 8.85. The summed E-state index contributed by atoms with van der Waals surface area (Å²) in [7, 11) is 0. The summed E-state index contributed by atoms with van der Waals surface area (Å²) in [5.74, 6) is -0.236. The first-order chi connectivity index (χ1) is 24.0. The molecule has 8 rings (SSSR count). The van der Waals surface area contributed by atoms with Crippen LogP contribution in [0.2, 0.25) is 0 Å². The summed E-state index contributed by atoms with van der Waals surface area (Å²) >= 11 is 0. The van der Waals surface area contributed by atoms with Crippen molar-refractivity contribution in [2.24, 2.45) is 0 Å². The maximum Gasteiger partial charge on any atom is 0.343 e. The second-order valence-electron chi connectivity index (χ2n) is 11.7. The molecule has 0 spiro atoms. The number of hydrogen-bond donors (Lipinski definition) is 0. The molecule has 2 bridgehead atoms. The molecule has 4 nitrogen and oxygen atoms in total. The van der Waals surface area contributed by atoms with E-state index in [4.69, 9.17) is 9.47 Å². The maximum absolute atomic E-state index is 13.7. The molecule has 4 heteroatoms. The minimum Gasteiger partial charge on any atom is -0.428 e. The Labute approximate surface area is 287 Å². The zero-order valence-electron chi connectivity index (χ0n) is 27.9. The van der Waals surface area contributed by atoms with E-state index in [0.29, 0.717) is 39.6 Å². The van der Waals surface area contributed by atoms with Crippen LogP contribution in [0, 0.1) is 6.92 Å².